The number of aromatic nitrogens is 4. The van der Waals surface area contributed by atoms with Crippen LogP contribution in [-0.2, 0) is 17.6 Å². The molecule has 2 N–H and O–H groups in total. The summed E-state index contributed by atoms with van der Waals surface area (Å²) in [5.74, 6) is -3.86. The number of anilines is 1. The Morgan fingerprint density at radius 2 is 1.92 bits per heavy atom. The molecule has 1 aromatic carbocycles. The standard InChI is InChI=1S/C28H32F2N6O3/c1-26(2,3)39-25(38)35-13-17(14-35)23(16-8-6-5-7-9-16)36-15-18(12-31-36)32-24(37)22-19-10-21-27(4,28(21,29)30)11-20(19)33-34-22/h5-9,12,15,17,21,23H,10-11,13-14H2,1-4H3,(H,32,37)(H,33,34)/t21-,23?,27+/m0/s1. The molecule has 2 fully saturated rings. The molecule has 0 bridgehead atoms. The quantitative estimate of drug-likeness (QED) is 0.491. The monoisotopic (exact) mass is 538 g/mol. The van der Waals surface area contributed by atoms with Gasteiger partial charge in [0.1, 0.15) is 5.60 Å². The molecule has 2 aliphatic carbocycles. The highest BCUT2D eigenvalue weighted by Crippen LogP contribution is 2.70. The Balaban J connectivity index is 1.17. The Morgan fingerprint density at radius 1 is 1.21 bits per heavy atom. The van der Waals surface area contributed by atoms with E-state index in [2.05, 4.69) is 20.6 Å². The van der Waals surface area contributed by atoms with Crippen molar-refractivity contribution in [1.29, 1.82) is 0 Å². The highest BCUT2D eigenvalue weighted by Gasteiger charge is 2.78. The zero-order valence-corrected chi connectivity index (χ0v) is 22.4. The van der Waals surface area contributed by atoms with Gasteiger partial charge in [-0.1, -0.05) is 37.3 Å². The van der Waals surface area contributed by atoms with Crippen LogP contribution in [0, 0.1) is 17.3 Å². The summed E-state index contributed by atoms with van der Waals surface area (Å²) < 4.78 is 35.9. The fourth-order valence-electron chi connectivity index (χ4n) is 6.02. The van der Waals surface area contributed by atoms with Gasteiger partial charge in [-0.2, -0.15) is 10.2 Å². The summed E-state index contributed by atoms with van der Waals surface area (Å²) in [7, 11) is 0. The number of aromatic amines is 1. The Bertz CT molecular complexity index is 1420. The smallest absolute Gasteiger partial charge is 0.410 e. The van der Waals surface area contributed by atoms with Crippen LogP contribution in [0.4, 0.5) is 19.3 Å². The number of amides is 2. The van der Waals surface area contributed by atoms with Gasteiger partial charge in [0, 0.05) is 54.2 Å². The predicted molar refractivity (Wildman–Crippen MR) is 139 cm³/mol. The number of nitrogens with one attached hydrogen (secondary N) is 2. The fraction of sp³-hybridized carbons (Fsp3) is 0.500. The average molecular weight is 539 g/mol. The number of ether oxygens (including phenoxy) is 1. The van der Waals surface area contributed by atoms with Crippen molar-refractivity contribution >= 4 is 17.7 Å². The van der Waals surface area contributed by atoms with Gasteiger partial charge in [-0.15, -0.1) is 0 Å². The molecule has 1 saturated heterocycles. The lowest BCUT2D eigenvalue weighted by atomic mass is 9.87. The average Bonchev–Trinajstić information content (AvgIpc) is 3.25. The number of carbonyl (C=O) groups excluding carboxylic acids is 2. The second kappa shape index (κ2) is 8.62. The zero-order chi connectivity index (χ0) is 27.7. The summed E-state index contributed by atoms with van der Waals surface area (Å²) in [6.07, 6.45) is 3.27. The number of carbonyl (C=O) groups is 2. The molecule has 6 rings (SSSR count). The number of fused-ring (bicyclic) bond motifs is 2. The van der Waals surface area contributed by atoms with Crippen LogP contribution >= 0.6 is 0 Å². The number of rotatable bonds is 5. The van der Waals surface area contributed by atoms with E-state index in [-0.39, 0.29) is 36.6 Å². The molecule has 39 heavy (non-hydrogen) atoms. The summed E-state index contributed by atoms with van der Waals surface area (Å²) in [6, 6.07) is 9.70. The van der Waals surface area contributed by atoms with Crippen molar-refractivity contribution in [3.05, 3.63) is 65.2 Å². The van der Waals surface area contributed by atoms with Gasteiger partial charge in [0.15, 0.2) is 5.69 Å². The molecule has 0 radical (unpaired) electrons. The highest BCUT2D eigenvalue weighted by molar-refractivity contribution is 6.04. The first-order valence-corrected chi connectivity index (χ1v) is 13.2. The molecular formula is C28H32F2N6O3. The highest BCUT2D eigenvalue weighted by atomic mass is 19.3. The topological polar surface area (TPSA) is 105 Å². The van der Waals surface area contributed by atoms with E-state index in [4.69, 9.17) is 4.74 Å². The largest absolute Gasteiger partial charge is 0.444 e. The fourth-order valence-corrected chi connectivity index (χ4v) is 6.02. The van der Waals surface area contributed by atoms with E-state index < -0.39 is 28.8 Å². The molecule has 3 aliphatic rings. The van der Waals surface area contributed by atoms with E-state index in [0.29, 0.717) is 30.0 Å². The van der Waals surface area contributed by atoms with Gasteiger partial charge < -0.3 is 15.0 Å². The van der Waals surface area contributed by atoms with Gasteiger partial charge in [0.2, 0.25) is 0 Å². The van der Waals surface area contributed by atoms with Gasteiger partial charge in [-0.25, -0.2) is 13.6 Å². The molecule has 2 aromatic heterocycles. The molecule has 3 atom stereocenters. The maximum Gasteiger partial charge on any atom is 0.410 e. The van der Waals surface area contributed by atoms with Gasteiger partial charge in [-0.3, -0.25) is 14.6 Å². The van der Waals surface area contributed by atoms with Crippen molar-refractivity contribution in [1.82, 2.24) is 24.9 Å². The van der Waals surface area contributed by atoms with Crippen molar-refractivity contribution in [2.75, 3.05) is 18.4 Å². The Labute approximate surface area is 224 Å². The molecule has 2 amide bonds. The number of halogens is 2. The first kappa shape index (κ1) is 25.5. The lowest BCUT2D eigenvalue weighted by Gasteiger charge is -2.43. The molecule has 1 unspecified atom stereocenters. The van der Waals surface area contributed by atoms with Crippen molar-refractivity contribution in [2.24, 2.45) is 17.3 Å². The van der Waals surface area contributed by atoms with Gasteiger partial charge in [0.05, 0.1) is 17.9 Å². The third-order valence-electron chi connectivity index (χ3n) is 8.30. The number of benzene rings is 1. The third kappa shape index (κ3) is 4.28. The molecule has 3 aromatic rings. The minimum absolute atomic E-state index is 0.0937. The number of likely N-dealkylation sites (tertiary alicyclic amines) is 1. The van der Waals surface area contributed by atoms with Crippen LogP contribution in [0.25, 0.3) is 0 Å². The number of hydrogen-bond donors (Lipinski definition) is 2. The molecule has 1 aliphatic heterocycles. The third-order valence-corrected chi connectivity index (χ3v) is 8.30. The van der Waals surface area contributed by atoms with E-state index in [1.54, 1.807) is 28.9 Å². The molecule has 9 nitrogen and oxygen atoms in total. The van der Waals surface area contributed by atoms with E-state index in [1.165, 1.54) is 0 Å². The van der Waals surface area contributed by atoms with Crippen LogP contribution < -0.4 is 5.32 Å². The second-order valence-corrected chi connectivity index (χ2v) is 12.2. The Hall–Kier alpha value is -3.76. The van der Waals surface area contributed by atoms with Gasteiger partial charge >= 0.3 is 6.09 Å². The van der Waals surface area contributed by atoms with Gasteiger partial charge in [-0.05, 0) is 32.8 Å². The van der Waals surface area contributed by atoms with Crippen molar-refractivity contribution in [3.8, 4) is 0 Å². The second-order valence-electron chi connectivity index (χ2n) is 12.2. The summed E-state index contributed by atoms with van der Waals surface area (Å²) in [5.41, 5.74) is 1.19. The number of hydrogen-bond acceptors (Lipinski definition) is 5. The lowest BCUT2D eigenvalue weighted by Crippen LogP contribution is -2.54. The van der Waals surface area contributed by atoms with Crippen LogP contribution in [0.15, 0.2) is 42.7 Å². The first-order chi connectivity index (χ1) is 18.4. The van der Waals surface area contributed by atoms with Crippen molar-refractivity contribution in [2.45, 2.75) is 58.1 Å². The molecule has 3 heterocycles. The molecule has 11 heteroatoms. The minimum atomic E-state index is -2.73. The number of H-pyrrole nitrogens is 1. The van der Waals surface area contributed by atoms with Crippen LogP contribution in [0.2, 0.25) is 0 Å². The Kier molecular flexibility index (Phi) is 5.64. The molecule has 1 saturated carbocycles. The first-order valence-electron chi connectivity index (χ1n) is 13.2. The maximum absolute atomic E-state index is 14.3. The maximum atomic E-state index is 14.3. The van der Waals surface area contributed by atoms with Crippen LogP contribution in [-0.4, -0.2) is 61.5 Å². The van der Waals surface area contributed by atoms with E-state index >= 15 is 0 Å². The summed E-state index contributed by atoms with van der Waals surface area (Å²) in [6.45, 7) is 8.14. The summed E-state index contributed by atoms with van der Waals surface area (Å²) >= 11 is 0. The zero-order valence-electron chi connectivity index (χ0n) is 22.4. The van der Waals surface area contributed by atoms with E-state index in [1.807, 2.05) is 51.1 Å². The summed E-state index contributed by atoms with van der Waals surface area (Å²) in [4.78, 5) is 27.3. The van der Waals surface area contributed by atoms with Crippen LogP contribution in [0.5, 0.6) is 0 Å². The van der Waals surface area contributed by atoms with Gasteiger partial charge in [0.25, 0.3) is 11.8 Å². The van der Waals surface area contributed by atoms with Crippen molar-refractivity contribution in [3.63, 3.8) is 0 Å². The molecule has 206 valence electrons. The normalized spacial score (nSPS) is 24.3. The SMILES string of the molecule is CC(C)(C)OC(=O)N1CC(C(c2ccccc2)n2cc(NC(=O)c3n[nH]c4c3C[C@@H]3C(F)(F)[C@]3(C)C4)cn2)C1. The minimum Gasteiger partial charge on any atom is -0.444 e. The van der Waals surface area contributed by atoms with Crippen LogP contribution in [0.3, 0.4) is 0 Å². The Morgan fingerprint density at radius 3 is 2.62 bits per heavy atom. The van der Waals surface area contributed by atoms with E-state index in [9.17, 15) is 18.4 Å². The van der Waals surface area contributed by atoms with E-state index in [0.717, 1.165) is 5.56 Å². The lowest BCUT2D eigenvalue weighted by molar-refractivity contribution is -0.00750. The summed E-state index contributed by atoms with van der Waals surface area (Å²) in [5, 5.41) is 14.3. The van der Waals surface area contributed by atoms with Crippen LogP contribution in [0.1, 0.15) is 61.0 Å². The molecule has 0 spiro atoms. The number of nitrogens with zero attached hydrogens (tertiary/aromatic N) is 4. The van der Waals surface area contributed by atoms with Crippen molar-refractivity contribution < 1.29 is 23.1 Å². The predicted octanol–water partition coefficient (Wildman–Crippen LogP) is 4.68. The molecular weight excluding hydrogens is 506 g/mol. The number of alkyl halides is 2.